The van der Waals surface area contributed by atoms with Gasteiger partial charge in [-0.05, 0) is 57.8 Å². The van der Waals surface area contributed by atoms with Crippen molar-refractivity contribution in [1.29, 1.82) is 0 Å². The molecule has 0 spiro atoms. The lowest BCUT2D eigenvalue weighted by Gasteiger charge is -2.28. The van der Waals surface area contributed by atoms with Gasteiger partial charge in [0.1, 0.15) is 0 Å². The van der Waals surface area contributed by atoms with Gasteiger partial charge in [0.05, 0.1) is 0 Å². The number of hydrogen-bond acceptors (Lipinski definition) is 4. The van der Waals surface area contributed by atoms with E-state index in [-0.39, 0.29) is 0 Å². The van der Waals surface area contributed by atoms with Crippen LogP contribution in [0.25, 0.3) is 0 Å². The van der Waals surface area contributed by atoms with Crippen LogP contribution in [0.15, 0.2) is 0 Å². The average molecular weight is 259 g/mol. The number of likely N-dealkylation sites (N-methyl/N-ethyl adjacent to an activating group) is 1. The lowest BCUT2D eigenvalue weighted by Crippen LogP contribution is -2.42. The molecule has 1 heterocycles. The smallest absolute Gasteiger partial charge is 0.0216 e. The van der Waals surface area contributed by atoms with E-state index in [4.69, 9.17) is 5.73 Å². The molecule has 17 heavy (non-hydrogen) atoms. The molecule has 1 unspecified atom stereocenters. The number of hydrogen-bond donors (Lipinski definition) is 1. The summed E-state index contributed by atoms with van der Waals surface area (Å²) in [6, 6.07) is 0.574. The Labute approximate surface area is 111 Å². The zero-order chi connectivity index (χ0) is 12.5. The highest BCUT2D eigenvalue weighted by molar-refractivity contribution is 7.98. The number of thioether (sulfide) groups is 1. The van der Waals surface area contributed by atoms with Crippen LogP contribution in [-0.4, -0.2) is 67.6 Å². The molecule has 1 fully saturated rings. The van der Waals surface area contributed by atoms with Gasteiger partial charge in [0.15, 0.2) is 0 Å². The molecule has 1 rings (SSSR count). The third-order valence-electron chi connectivity index (χ3n) is 3.75. The zero-order valence-corrected chi connectivity index (χ0v) is 12.3. The highest BCUT2D eigenvalue weighted by Gasteiger charge is 2.15. The Morgan fingerprint density at radius 2 is 2.06 bits per heavy atom. The van der Waals surface area contributed by atoms with Gasteiger partial charge in [0.25, 0.3) is 0 Å². The van der Waals surface area contributed by atoms with Crippen LogP contribution in [0.3, 0.4) is 0 Å². The van der Waals surface area contributed by atoms with Crippen molar-refractivity contribution in [3.8, 4) is 0 Å². The number of nitrogens with zero attached hydrogens (tertiary/aromatic N) is 2. The van der Waals surface area contributed by atoms with Crippen LogP contribution < -0.4 is 5.73 Å². The molecule has 0 aromatic carbocycles. The topological polar surface area (TPSA) is 32.5 Å². The first kappa shape index (κ1) is 15.3. The summed E-state index contributed by atoms with van der Waals surface area (Å²) in [6.45, 7) is 5.78. The second kappa shape index (κ2) is 9.20. The fourth-order valence-electron chi connectivity index (χ4n) is 2.47. The molecule has 0 bridgehead atoms. The normalized spacial score (nSPS) is 19.1. The molecular weight excluding hydrogens is 230 g/mol. The summed E-state index contributed by atoms with van der Waals surface area (Å²) in [5.41, 5.74) is 5.88. The molecule has 0 aromatic heterocycles. The second-order valence-electron chi connectivity index (χ2n) is 5.05. The molecule has 3 nitrogen and oxygen atoms in total. The molecule has 102 valence electrons. The van der Waals surface area contributed by atoms with Gasteiger partial charge < -0.3 is 15.5 Å². The summed E-state index contributed by atoms with van der Waals surface area (Å²) >= 11 is 1.93. The molecule has 0 aliphatic carbocycles. The van der Waals surface area contributed by atoms with Gasteiger partial charge in [0, 0.05) is 25.7 Å². The summed E-state index contributed by atoms with van der Waals surface area (Å²) in [5.74, 6) is 1.26. The molecule has 1 saturated heterocycles. The first-order chi connectivity index (χ1) is 8.27. The Balaban J connectivity index is 2.15. The van der Waals surface area contributed by atoms with Crippen molar-refractivity contribution in [3.63, 3.8) is 0 Å². The fourth-order valence-corrected chi connectivity index (χ4v) is 2.92. The van der Waals surface area contributed by atoms with E-state index in [1.165, 1.54) is 57.6 Å². The maximum absolute atomic E-state index is 5.88. The van der Waals surface area contributed by atoms with Crippen LogP contribution in [0.2, 0.25) is 0 Å². The second-order valence-corrected chi connectivity index (χ2v) is 6.04. The van der Waals surface area contributed by atoms with E-state index in [9.17, 15) is 0 Å². The van der Waals surface area contributed by atoms with Gasteiger partial charge >= 0.3 is 0 Å². The summed E-state index contributed by atoms with van der Waals surface area (Å²) in [6.07, 6.45) is 7.48. The van der Waals surface area contributed by atoms with E-state index in [1.807, 2.05) is 11.8 Å². The highest BCUT2D eigenvalue weighted by Crippen LogP contribution is 2.10. The Bertz CT molecular complexity index is 184. The molecule has 0 amide bonds. The Morgan fingerprint density at radius 1 is 1.35 bits per heavy atom. The van der Waals surface area contributed by atoms with Crippen molar-refractivity contribution < 1.29 is 0 Å². The predicted octanol–water partition coefficient (Wildman–Crippen LogP) is 1.48. The first-order valence-corrected chi connectivity index (χ1v) is 8.29. The van der Waals surface area contributed by atoms with Crippen LogP contribution in [0.5, 0.6) is 0 Å². The third kappa shape index (κ3) is 6.09. The van der Waals surface area contributed by atoms with E-state index in [0.29, 0.717) is 6.04 Å². The Kier molecular flexibility index (Phi) is 8.27. The van der Waals surface area contributed by atoms with Crippen LogP contribution >= 0.6 is 11.8 Å². The highest BCUT2D eigenvalue weighted by atomic mass is 32.2. The van der Waals surface area contributed by atoms with E-state index in [0.717, 1.165) is 6.54 Å². The number of rotatable bonds is 9. The van der Waals surface area contributed by atoms with Crippen molar-refractivity contribution in [2.45, 2.75) is 31.7 Å². The summed E-state index contributed by atoms with van der Waals surface area (Å²) in [4.78, 5) is 5.03. The van der Waals surface area contributed by atoms with Gasteiger partial charge in [0.2, 0.25) is 0 Å². The monoisotopic (exact) mass is 259 g/mol. The van der Waals surface area contributed by atoms with Gasteiger partial charge in [-0.1, -0.05) is 0 Å². The number of nitrogens with two attached hydrogens (primary N) is 1. The van der Waals surface area contributed by atoms with Crippen molar-refractivity contribution >= 4 is 11.8 Å². The van der Waals surface area contributed by atoms with E-state index in [1.54, 1.807) is 0 Å². The molecule has 2 N–H and O–H groups in total. The van der Waals surface area contributed by atoms with Gasteiger partial charge in [-0.2, -0.15) is 11.8 Å². The molecule has 0 aromatic rings. The maximum Gasteiger partial charge on any atom is 0.0216 e. The Morgan fingerprint density at radius 3 is 2.65 bits per heavy atom. The minimum absolute atomic E-state index is 0.574. The fraction of sp³-hybridized carbons (Fsp3) is 1.00. The zero-order valence-electron chi connectivity index (χ0n) is 11.5. The van der Waals surface area contributed by atoms with Crippen LogP contribution in [0.4, 0.5) is 0 Å². The predicted molar refractivity (Wildman–Crippen MR) is 78.8 cm³/mol. The lowest BCUT2D eigenvalue weighted by molar-refractivity contribution is 0.200. The van der Waals surface area contributed by atoms with Crippen molar-refractivity contribution in [1.82, 2.24) is 9.80 Å². The van der Waals surface area contributed by atoms with Gasteiger partial charge in [-0.25, -0.2) is 0 Å². The van der Waals surface area contributed by atoms with E-state index < -0.39 is 0 Å². The molecule has 4 heteroatoms. The van der Waals surface area contributed by atoms with E-state index >= 15 is 0 Å². The third-order valence-corrected chi connectivity index (χ3v) is 4.45. The molecule has 1 aliphatic rings. The maximum atomic E-state index is 5.88. The van der Waals surface area contributed by atoms with Crippen molar-refractivity contribution in [2.75, 3.05) is 51.8 Å². The molecule has 1 atom stereocenters. The van der Waals surface area contributed by atoms with Crippen LogP contribution in [0.1, 0.15) is 25.7 Å². The summed E-state index contributed by atoms with van der Waals surface area (Å²) in [7, 11) is 2.23. The molecule has 0 saturated carbocycles. The lowest BCUT2D eigenvalue weighted by atomic mass is 10.1. The molecular formula is C13H29N3S. The Hall–Kier alpha value is 0.230. The van der Waals surface area contributed by atoms with Crippen molar-refractivity contribution in [2.24, 2.45) is 5.73 Å². The average Bonchev–Trinajstić information content (AvgIpc) is 2.85. The van der Waals surface area contributed by atoms with Crippen molar-refractivity contribution in [3.05, 3.63) is 0 Å². The number of likely N-dealkylation sites (tertiary alicyclic amines) is 1. The van der Waals surface area contributed by atoms with Crippen LogP contribution in [0, 0.1) is 0 Å². The summed E-state index contributed by atoms with van der Waals surface area (Å²) in [5, 5.41) is 0. The quantitative estimate of drug-likeness (QED) is 0.636. The minimum atomic E-state index is 0.574. The molecule has 1 aliphatic heterocycles. The van der Waals surface area contributed by atoms with E-state index in [2.05, 4.69) is 23.1 Å². The van der Waals surface area contributed by atoms with Crippen LogP contribution in [-0.2, 0) is 0 Å². The first-order valence-electron chi connectivity index (χ1n) is 6.89. The minimum Gasteiger partial charge on any atom is -0.329 e. The van der Waals surface area contributed by atoms with Gasteiger partial charge in [-0.3, -0.25) is 0 Å². The standard InChI is InChI=1S/C13H29N3S/c1-15(9-10-16-7-3-4-8-16)13(12-14)6-5-11-17-2/h13H,3-12,14H2,1-2H3. The SMILES string of the molecule is CSCCCC(CN)N(C)CCN1CCCC1. The molecule has 0 radical (unpaired) electrons. The largest absolute Gasteiger partial charge is 0.329 e. The van der Waals surface area contributed by atoms with Gasteiger partial charge in [-0.15, -0.1) is 0 Å². The summed E-state index contributed by atoms with van der Waals surface area (Å²) < 4.78 is 0.